The van der Waals surface area contributed by atoms with Crippen molar-refractivity contribution >= 4 is 28.7 Å². The van der Waals surface area contributed by atoms with E-state index in [9.17, 15) is 19.5 Å². The molecule has 1 heterocycles. The van der Waals surface area contributed by atoms with Gasteiger partial charge in [0.1, 0.15) is 6.04 Å². The molecule has 1 amide bonds. The largest absolute Gasteiger partial charge is 0.480 e. The number of aliphatic carboxylic acids is 2. The Morgan fingerprint density at radius 2 is 1.67 bits per heavy atom. The first-order valence-electron chi connectivity index (χ1n) is 9.47. The molecule has 0 saturated heterocycles. The number of aromatic amines is 1. The molecule has 0 aliphatic carbocycles. The highest BCUT2D eigenvalue weighted by molar-refractivity contribution is 5.87. The van der Waals surface area contributed by atoms with Crippen LogP contribution < -0.4 is 5.32 Å². The topological polar surface area (TPSA) is 123 Å². The average Bonchev–Trinajstić information content (AvgIpc) is 3.10. The highest BCUT2D eigenvalue weighted by Crippen LogP contribution is 2.19. The number of carbonyl (C=O) groups excluding carboxylic acids is 1. The number of carbonyl (C=O) groups is 3. The third kappa shape index (κ3) is 5.68. The standard InChI is InChI=1S/C22H23N3O5/c26-20(13-25(14-21(27)28)12-15-6-2-1-3-7-15)24-19(22(29)30)10-16-11-23-18-9-5-4-8-17(16)18/h1-9,11,19,23H,10,12-14H2,(H,24,26)(H,27,28)(H,29,30)/t19-/m0/s1. The third-order valence-electron chi connectivity index (χ3n) is 4.71. The van der Waals surface area contributed by atoms with Crippen molar-refractivity contribution in [2.24, 2.45) is 0 Å². The number of para-hydroxylation sites is 1. The summed E-state index contributed by atoms with van der Waals surface area (Å²) in [5, 5.41) is 22.1. The lowest BCUT2D eigenvalue weighted by Gasteiger charge is -2.21. The molecule has 1 aromatic heterocycles. The molecular weight excluding hydrogens is 386 g/mol. The van der Waals surface area contributed by atoms with Crippen LogP contribution in [-0.4, -0.2) is 57.1 Å². The first-order chi connectivity index (χ1) is 14.4. The van der Waals surface area contributed by atoms with Gasteiger partial charge < -0.3 is 20.5 Å². The third-order valence-corrected chi connectivity index (χ3v) is 4.71. The minimum Gasteiger partial charge on any atom is -0.480 e. The predicted octanol–water partition coefficient (Wildman–Crippen LogP) is 1.87. The molecular formula is C22H23N3O5. The highest BCUT2D eigenvalue weighted by atomic mass is 16.4. The van der Waals surface area contributed by atoms with E-state index in [-0.39, 0.29) is 26.1 Å². The SMILES string of the molecule is O=C(O)CN(CC(=O)N[C@@H](Cc1c[nH]c2ccccc12)C(=O)O)Cc1ccccc1. The second-order valence-corrected chi connectivity index (χ2v) is 7.05. The van der Waals surface area contributed by atoms with Crippen molar-refractivity contribution in [3.8, 4) is 0 Å². The molecule has 0 spiro atoms. The molecule has 1 atom stereocenters. The number of benzene rings is 2. The van der Waals surface area contributed by atoms with Gasteiger partial charge >= 0.3 is 11.9 Å². The Balaban J connectivity index is 1.67. The number of H-pyrrole nitrogens is 1. The molecule has 156 valence electrons. The molecule has 0 aliphatic rings. The van der Waals surface area contributed by atoms with E-state index in [2.05, 4.69) is 10.3 Å². The maximum Gasteiger partial charge on any atom is 0.326 e. The Kier molecular flexibility index (Phi) is 6.82. The number of fused-ring (bicyclic) bond motifs is 1. The normalized spacial score (nSPS) is 12.0. The van der Waals surface area contributed by atoms with Crippen molar-refractivity contribution in [1.82, 2.24) is 15.2 Å². The summed E-state index contributed by atoms with van der Waals surface area (Å²) in [5.41, 5.74) is 2.53. The molecule has 0 radical (unpaired) electrons. The zero-order valence-corrected chi connectivity index (χ0v) is 16.2. The molecule has 0 fully saturated rings. The highest BCUT2D eigenvalue weighted by Gasteiger charge is 2.23. The number of nitrogens with zero attached hydrogens (tertiary/aromatic N) is 1. The minimum absolute atomic E-state index is 0.114. The molecule has 8 nitrogen and oxygen atoms in total. The van der Waals surface area contributed by atoms with Crippen molar-refractivity contribution in [2.45, 2.75) is 19.0 Å². The van der Waals surface area contributed by atoms with Gasteiger partial charge in [-0.3, -0.25) is 14.5 Å². The van der Waals surface area contributed by atoms with E-state index in [0.29, 0.717) is 0 Å². The van der Waals surface area contributed by atoms with Crippen LogP contribution in [0, 0.1) is 0 Å². The first kappa shape index (κ1) is 21.1. The van der Waals surface area contributed by atoms with Gasteiger partial charge in [-0.25, -0.2) is 4.79 Å². The van der Waals surface area contributed by atoms with E-state index in [1.807, 2.05) is 54.6 Å². The van der Waals surface area contributed by atoms with Crippen molar-refractivity contribution in [3.63, 3.8) is 0 Å². The number of carboxylic acids is 2. The lowest BCUT2D eigenvalue weighted by atomic mass is 10.0. The number of hydrogen-bond acceptors (Lipinski definition) is 4. The lowest BCUT2D eigenvalue weighted by molar-refractivity contribution is -0.143. The number of amides is 1. The molecule has 3 rings (SSSR count). The fourth-order valence-electron chi connectivity index (χ4n) is 3.36. The van der Waals surface area contributed by atoms with Gasteiger partial charge in [-0.05, 0) is 17.2 Å². The van der Waals surface area contributed by atoms with Crippen molar-refractivity contribution in [2.75, 3.05) is 13.1 Å². The van der Waals surface area contributed by atoms with Gasteiger partial charge in [-0.15, -0.1) is 0 Å². The minimum atomic E-state index is -1.15. The van der Waals surface area contributed by atoms with Gasteiger partial charge in [0, 0.05) is 30.1 Å². The quantitative estimate of drug-likeness (QED) is 0.405. The Labute approximate surface area is 173 Å². The monoisotopic (exact) mass is 409 g/mol. The van der Waals surface area contributed by atoms with E-state index in [1.165, 1.54) is 4.90 Å². The van der Waals surface area contributed by atoms with E-state index >= 15 is 0 Å². The first-order valence-corrected chi connectivity index (χ1v) is 9.47. The van der Waals surface area contributed by atoms with Crippen molar-refractivity contribution in [1.29, 1.82) is 0 Å². The predicted molar refractivity (Wildman–Crippen MR) is 111 cm³/mol. The molecule has 0 aliphatic heterocycles. The van der Waals surface area contributed by atoms with Crippen molar-refractivity contribution in [3.05, 3.63) is 71.9 Å². The van der Waals surface area contributed by atoms with Crippen LogP contribution in [0.25, 0.3) is 10.9 Å². The van der Waals surface area contributed by atoms with Crippen LogP contribution >= 0.6 is 0 Å². The van der Waals surface area contributed by atoms with Crippen LogP contribution in [0.2, 0.25) is 0 Å². The Hall–Kier alpha value is -3.65. The zero-order valence-electron chi connectivity index (χ0n) is 16.2. The maximum absolute atomic E-state index is 12.5. The summed E-state index contributed by atoms with van der Waals surface area (Å²) < 4.78 is 0. The number of carboxylic acid groups (broad SMARTS) is 2. The van der Waals surface area contributed by atoms with Crippen LogP contribution in [0.4, 0.5) is 0 Å². The second-order valence-electron chi connectivity index (χ2n) is 7.05. The van der Waals surface area contributed by atoms with E-state index in [1.54, 1.807) is 6.20 Å². The molecule has 30 heavy (non-hydrogen) atoms. The van der Waals surface area contributed by atoms with Crippen LogP contribution in [-0.2, 0) is 27.3 Å². The average molecular weight is 409 g/mol. The summed E-state index contributed by atoms with van der Waals surface area (Å²) in [7, 11) is 0. The number of aromatic nitrogens is 1. The van der Waals surface area contributed by atoms with E-state index in [4.69, 9.17) is 5.11 Å². The summed E-state index contributed by atoms with van der Waals surface area (Å²) in [6.07, 6.45) is 1.85. The van der Waals surface area contributed by atoms with Gasteiger partial charge in [-0.1, -0.05) is 48.5 Å². The van der Waals surface area contributed by atoms with Gasteiger partial charge in [0.25, 0.3) is 0 Å². The molecule has 3 aromatic rings. The fourth-order valence-corrected chi connectivity index (χ4v) is 3.36. The number of nitrogens with one attached hydrogen (secondary N) is 2. The van der Waals surface area contributed by atoms with Crippen LogP contribution in [0.3, 0.4) is 0 Å². The summed E-state index contributed by atoms with van der Waals surface area (Å²) in [6.45, 7) is -0.290. The van der Waals surface area contributed by atoms with Gasteiger partial charge in [0.15, 0.2) is 0 Å². The Bertz CT molecular complexity index is 1030. The number of rotatable bonds is 10. The molecule has 0 bridgehead atoms. The lowest BCUT2D eigenvalue weighted by Crippen LogP contribution is -2.47. The Morgan fingerprint density at radius 3 is 2.37 bits per heavy atom. The van der Waals surface area contributed by atoms with Gasteiger partial charge in [-0.2, -0.15) is 0 Å². The summed E-state index contributed by atoms with van der Waals surface area (Å²) in [6, 6.07) is 15.6. The van der Waals surface area contributed by atoms with Crippen molar-refractivity contribution < 1.29 is 24.6 Å². The molecule has 2 aromatic carbocycles. The van der Waals surface area contributed by atoms with Crippen LogP contribution in [0.1, 0.15) is 11.1 Å². The second kappa shape index (κ2) is 9.71. The maximum atomic E-state index is 12.5. The molecule has 4 N–H and O–H groups in total. The van der Waals surface area contributed by atoms with Crippen LogP contribution in [0.15, 0.2) is 60.8 Å². The van der Waals surface area contributed by atoms with Gasteiger partial charge in [0.05, 0.1) is 13.1 Å². The van der Waals surface area contributed by atoms with E-state index in [0.717, 1.165) is 22.0 Å². The van der Waals surface area contributed by atoms with Gasteiger partial charge in [0.2, 0.25) is 5.91 Å². The molecule has 8 heteroatoms. The summed E-state index contributed by atoms with van der Waals surface area (Å²) in [4.78, 5) is 40.0. The zero-order chi connectivity index (χ0) is 21.5. The molecule has 0 saturated carbocycles. The molecule has 0 unspecified atom stereocenters. The summed E-state index contributed by atoms with van der Waals surface area (Å²) >= 11 is 0. The number of hydrogen-bond donors (Lipinski definition) is 4. The summed E-state index contributed by atoms with van der Waals surface area (Å²) in [5.74, 6) is -2.76. The smallest absolute Gasteiger partial charge is 0.326 e. The van der Waals surface area contributed by atoms with Crippen LogP contribution in [0.5, 0.6) is 0 Å². The van der Waals surface area contributed by atoms with E-state index < -0.39 is 23.9 Å². The fraction of sp³-hybridized carbons (Fsp3) is 0.227. The Morgan fingerprint density at radius 1 is 0.967 bits per heavy atom.